The number of thioether (sulfide) groups is 1. The summed E-state index contributed by atoms with van der Waals surface area (Å²) in [4.78, 5) is 23.5. The van der Waals surface area contributed by atoms with Crippen LogP contribution >= 0.6 is 23.1 Å². The third-order valence-electron chi connectivity index (χ3n) is 5.15. The maximum absolute atomic E-state index is 13.1. The average Bonchev–Trinajstić information content (AvgIpc) is 3.46. The Morgan fingerprint density at radius 3 is 2.62 bits per heavy atom. The molecule has 0 unspecified atom stereocenters. The van der Waals surface area contributed by atoms with E-state index in [1.54, 1.807) is 4.57 Å². The van der Waals surface area contributed by atoms with E-state index < -0.39 is 0 Å². The molecule has 0 amide bonds. The van der Waals surface area contributed by atoms with Crippen molar-refractivity contribution >= 4 is 33.3 Å². The van der Waals surface area contributed by atoms with Gasteiger partial charge in [-0.2, -0.15) is 4.98 Å². The lowest BCUT2D eigenvalue weighted by Crippen LogP contribution is -2.21. The molecule has 0 saturated heterocycles. The van der Waals surface area contributed by atoms with Crippen LogP contribution in [0.1, 0.15) is 18.4 Å². The highest BCUT2D eigenvalue weighted by Gasteiger charge is 2.16. The number of thiophene rings is 1. The van der Waals surface area contributed by atoms with Gasteiger partial charge in [-0.25, -0.2) is 4.98 Å². The van der Waals surface area contributed by atoms with Crippen molar-refractivity contribution in [2.45, 2.75) is 31.3 Å². The van der Waals surface area contributed by atoms with Gasteiger partial charge < -0.3 is 4.52 Å². The first-order valence-corrected chi connectivity index (χ1v) is 12.1. The summed E-state index contributed by atoms with van der Waals surface area (Å²) in [6, 6.07) is 20.0. The Hall–Kier alpha value is -3.23. The second kappa shape index (κ2) is 8.72. The van der Waals surface area contributed by atoms with Crippen molar-refractivity contribution in [3.63, 3.8) is 0 Å². The first-order chi connectivity index (χ1) is 15.6. The number of hydrogen-bond donors (Lipinski definition) is 0. The van der Waals surface area contributed by atoms with Crippen LogP contribution < -0.4 is 5.56 Å². The van der Waals surface area contributed by atoms with Crippen LogP contribution in [-0.4, -0.2) is 19.7 Å². The molecule has 0 spiro atoms. The molecule has 0 aliphatic carbocycles. The van der Waals surface area contributed by atoms with Crippen molar-refractivity contribution in [1.29, 1.82) is 0 Å². The van der Waals surface area contributed by atoms with Crippen LogP contribution in [0.3, 0.4) is 0 Å². The van der Waals surface area contributed by atoms with Crippen LogP contribution in [-0.2, 0) is 12.3 Å². The molecule has 8 heteroatoms. The van der Waals surface area contributed by atoms with Gasteiger partial charge in [0.1, 0.15) is 4.70 Å². The average molecular weight is 461 g/mol. The molecule has 0 N–H and O–H groups in total. The van der Waals surface area contributed by atoms with E-state index in [1.165, 1.54) is 23.1 Å². The second-order valence-corrected chi connectivity index (χ2v) is 9.24. The maximum atomic E-state index is 13.1. The molecule has 3 aromatic heterocycles. The summed E-state index contributed by atoms with van der Waals surface area (Å²) in [6.45, 7) is 4.51. The number of fused-ring (bicyclic) bond motifs is 1. The normalized spacial score (nSPS) is 11.3. The highest BCUT2D eigenvalue weighted by atomic mass is 32.2. The van der Waals surface area contributed by atoms with E-state index in [1.807, 2.05) is 74.5 Å². The minimum atomic E-state index is -0.0155. The van der Waals surface area contributed by atoms with Gasteiger partial charge in [0.15, 0.2) is 5.16 Å². The lowest BCUT2D eigenvalue weighted by atomic mass is 10.1. The van der Waals surface area contributed by atoms with Gasteiger partial charge in [0, 0.05) is 17.0 Å². The van der Waals surface area contributed by atoms with E-state index in [4.69, 9.17) is 9.51 Å². The fourth-order valence-corrected chi connectivity index (χ4v) is 5.45. The third-order valence-corrected chi connectivity index (χ3v) is 7.27. The molecule has 2 aromatic carbocycles. The van der Waals surface area contributed by atoms with Crippen LogP contribution in [0.15, 0.2) is 75.1 Å². The summed E-state index contributed by atoms with van der Waals surface area (Å²) < 4.78 is 7.83. The predicted molar refractivity (Wildman–Crippen MR) is 129 cm³/mol. The number of benzene rings is 2. The summed E-state index contributed by atoms with van der Waals surface area (Å²) in [7, 11) is 0. The minimum absolute atomic E-state index is 0.0155. The fraction of sp³-hybridized carbons (Fsp3) is 0.167. The molecule has 32 heavy (non-hydrogen) atoms. The van der Waals surface area contributed by atoms with E-state index >= 15 is 0 Å². The van der Waals surface area contributed by atoms with Gasteiger partial charge in [0.05, 0.1) is 11.3 Å². The van der Waals surface area contributed by atoms with Gasteiger partial charge in [-0.1, -0.05) is 71.5 Å². The van der Waals surface area contributed by atoms with Crippen molar-refractivity contribution in [2.24, 2.45) is 0 Å². The van der Waals surface area contributed by atoms with E-state index in [0.717, 1.165) is 27.1 Å². The van der Waals surface area contributed by atoms with Gasteiger partial charge in [-0.15, -0.1) is 11.3 Å². The lowest BCUT2D eigenvalue weighted by molar-refractivity contribution is 0.391. The molecular weight excluding hydrogens is 440 g/mol. The molecule has 0 bridgehead atoms. The minimum Gasteiger partial charge on any atom is -0.338 e. The largest absolute Gasteiger partial charge is 0.338 e. The lowest BCUT2D eigenvalue weighted by Gasteiger charge is -2.08. The molecule has 0 aliphatic rings. The van der Waals surface area contributed by atoms with Crippen molar-refractivity contribution < 1.29 is 4.52 Å². The fourth-order valence-electron chi connectivity index (χ4n) is 3.50. The predicted octanol–water partition coefficient (Wildman–Crippen LogP) is 5.80. The van der Waals surface area contributed by atoms with Crippen molar-refractivity contribution in [3.8, 4) is 21.8 Å². The van der Waals surface area contributed by atoms with Gasteiger partial charge in [0.2, 0.25) is 11.7 Å². The SMILES string of the molecule is CCn1c(SCc2nc(-c3ccccc3C)no2)nc2cc(-c3ccccc3)sc2c1=O. The van der Waals surface area contributed by atoms with Crippen LogP contribution in [0.25, 0.3) is 32.0 Å². The second-order valence-electron chi connectivity index (χ2n) is 7.25. The zero-order valence-electron chi connectivity index (χ0n) is 17.6. The Bertz CT molecular complexity index is 1450. The van der Waals surface area contributed by atoms with E-state index in [9.17, 15) is 4.79 Å². The first-order valence-electron chi connectivity index (χ1n) is 10.2. The molecule has 3 heterocycles. The molecule has 0 aliphatic heterocycles. The number of rotatable bonds is 6. The smallest absolute Gasteiger partial charge is 0.272 e. The monoisotopic (exact) mass is 460 g/mol. The zero-order chi connectivity index (χ0) is 22.1. The topological polar surface area (TPSA) is 73.8 Å². The Kier molecular flexibility index (Phi) is 5.63. The third kappa shape index (κ3) is 3.87. The Morgan fingerprint density at radius 2 is 1.84 bits per heavy atom. The van der Waals surface area contributed by atoms with Crippen molar-refractivity contribution in [2.75, 3.05) is 0 Å². The van der Waals surface area contributed by atoms with E-state index in [0.29, 0.717) is 33.9 Å². The number of hydrogen-bond acceptors (Lipinski definition) is 7. The highest BCUT2D eigenvalue weighted by Crippen LogP contribution is 2.32. The van der Waals surface area contributed by atoms with Crippen LogP contribution in [0.2, 0.25) is 0 Å². The summed E-state index contributed by atoms with van der Waals surface area (Å²) in [5, 5.41) is 4.77. The molecule has 5 rings (SSSR count). The van der Waals surface area contributed by atoms with Gasteiger partial charge in [-0.05, 0) is 31.0 Å². The number of nitrogens with zero attached hydrogens (tertiary/aromatic N) is 4. The number of aromatic nitrogens is 4. The Balaban J connectivity index is 1.44. The van der Waals surface area contributed by atoms with Gasteiger partial charge in [0.25, 0.3) is 5.56 Å². The molecule has 5 aromatic rings. The molecule has 0 fully saturated rings. The highest BCUT2D eigenvalue weighted by molar-refractivity contribution is 7.98. The molecule has 0 radical (unpaired) electrons. The van der Waals surface area contributed by atoms with Crippen LogP contribution in [0.5, 0.6) is 0 Å². The number of aryl methyl sites for hydroxylation is 1. The summed E-state index contributed by atoms with van der Waals surface area (Å²) >= 11 is 2.92. The van der Waals surface area contributed by atoms with E-state index in [2.05, 4.69) is 10.1 Å². The maximum Gasteiger partial charge on any atom is 0.272 e. The summed E-state index contributed by atoms with van der Waals surface area (Å²) in [5.74, 6) is 1.51. The Labute approximate surface area is 193 Å². The summed E-state index contributed by atoms with van der Waals surface area (Å²) in [6.07, 6.45) is 0. The molecular formula is C24H20N4O2S2. The summed E-state index contributed by atoms with van der Waals surface area (Å²) in [5.41, 5.74) is 3.83. The Morgan fingerprint density at radius 1 is 1.06 bits per heavy atom. The van der Waals surface area contributed by atoms with Gasteiger partial charge >= 0.3 is 0 Å². The standard InChI is InChI=1S/C24H20N4O2S2/c1-3-28-23(29)21-18(13-19(32-21)16-10-5-4-6-11-16)25-24(28)31-14-20-26-22(27-30-20)17-12-8-7-9-15(17)2/h4-13H,3,14H2,1-2H3. The molecule has 0 atom stereocenters. The van der Waals surface area contributed by atoms with Crippen LogP contribution in [0.4, 0.5) is 0 Å². The van der Waals surface area contributed by atoms with Crippen LogP contribution in [0, 0.1) is 6.92 Å². The van der Waals surface area contributed by atoms with E-state index in [-0.39, 0.29) is 5.56 Å². The van der Waals surface area contributed by atoms with Crippen molar-refractivity contribution in [1.82, 2.24) is 19.7 Å². The zero-order valence-corrected chi connectivity index (χ0v) is 19.2. The quantitative estimate of drug-likeness (QED) is 0.236. The molecule has 6 nitrogen and oxygen atoms in total. The molecule has 160 valence electrons. The molecule has 0 saturated carbocycles. The van der Waals surface area contributed by atoms with Crippen molar-refractivity contribution in [3.05, 3.63) is 82.5 Å². The first kappa shape index (κ1) is 20.7. The van der Waals surface area contributed by atoms with Gasteiger partial charge in [-0.3, -0.25) is 9.36 Å².